The van der Waals surface area contributed by atoms with Crippen molar-refractivity contribution in [2.24, 2.45) is 5.92 Å². The number of methoxy groups -OCH3 is 1. The number of halogens is 3. The maximum atomic E-state index is 13.4. The number of hydrogen-bond acceptors (Lipinski definition) is 8. The number of ether oxygens (including phenoxy) is 3. The van der Waals surface area contributed by atoms with Gasteiger partial charge in [-0.3, -0.25) is 10.1 Å². The van der Waals surface area contributed by atoms with E-state index in [2.05, 4.69) is 31.9 Å². The van der Waals surface area contributed by atoms with Crippen LogP contribution in [0.3, 0.4) is 0 Å². The van der Waals surface area contributed by atoms with Gasteiger partial charge in [-0.05, 0) is 45.6 Å². The Morgan fingerprint density at radius 1 is 1.27 bits per heavy atom. The molecule has 7 unspecified atom stereocenters. The number of epoxide rings is 1. The molecule has 13 heteroatoms. The lowest BCUT2D eigenvalue weighted by Crippen LogP contribution is -2.60. The lowest BCUT2D eigenvalue weighted by atomic mass is 9.67. The van der Waals surface area contributed by atoms with Crippen LogP contribution in [0.15, 0.2) is 30.3 Å². The number of hydrogen-bond donors (Lipinski definition) is 2. The predicted molar refractivity (Wildman–Crippen MR) is 160 cm³/mol. The first-order valence-electron chi connectivity index (χ1n) is 13.1. The molecular formula is C27H38Br2ClNO8S. The van der Waals surface area contributed by atoms with Crippen LogP contribution in [0.4, 0.5) is 4.79 Å². The number of aryl methyl sites for hydroxylation is 1. The van der Waals surface area contributed by atoms with Gasteiger partial charge in [-0.2, -0.15) is 0 Å². The summed E-state index contributed by atoms with van der Waals surface area (Å²) in [5, 5.41) is 14.1. The molecule has 1 saturated heterocycles. The van der Waals surface area contributed by atoms with Crippen LogP contribution >= 0.6 is 43.5 Å². The van der Waals surface area contributed by atoms with E-state index in [1.165, 1.54) is 7.11 Å². The number of alkyl carbamates (subject to hydrolysis) is 1. The molecule has 1 aliphatic carbocycles. The third kappa shape index (κ3) is 8.64. The molecule has 0 aromatic heterocycles. The summed E-state index contributed by atoms with van der Waals surface area (Å²) in [6.45, 7) is 5.90. The van der Waals surface area contributed by atoms with Gasteiger partial charge in [0.2, 0.25) is 5.91 Å². The monoisotopic (exact) mass is 729 g/mol. The Kier molecular flexibility index (Phi) is 11.2. The normalized spacial score (nSPS) is 31.3. The number of carbonyl (C=O) groups is 2. The first-order valence-corrected chi connectivity index (χ1v) is 17.2. The van der Waals surface area contributed by atoms with Crippen molar-refractivity contribution in [1.29, 1.82) is 0 Å². The second-order valence-electron chi connectivity index (χ2n) is 11.4. The van der Waals surface area contributed by atoms with E-state index in [1.807, 2.05) is 56.4 Å². The van der Waals surface area contributed by atoms with Gasteiger partial charge in [0, 0.05) is 28.6 Å². The number of sulfone groups is 1. The summed E-state index contributed by atoms with van der Waals surface area (Å²) >= 11 is 12.8. The highest BCUT2D eigenvalue weighted by atomic mass is 79.9. The van der Waals surface area contributed by atoms with Crippen molar-refractivity contribution in [1.82, 2.24) is 5.32 Å². The SMILES string of the molecule is COC1CC(O)(CS(=O)(=O)CCc2ccccc2)C(C2(C)OC2CC(Br)C(C)(C)Br)CC1OC(=O)NC(=O)CCl. The summed E-state index contributed by atoms with van der Waals surface area (Å²) in [5.74, 6) is -2.46. The first kappa shape index (κ1) is 33.7. The largest absolute Gasteiger partial charge is 0.443 e. The Bertz CT molecular complexity index is 1150. The van der Waals surface area contributed by atoms with Crippen LogP contribution in [0, 0.1) is 5.92 Å². The molecule has 1 saturated carbocycles. The number of rotatable bonds is 12. The standard InChI is InChI=1S/C27H38Br2ClNO8S/c1-25(2,29)21(28)13-22-26(3,39-22)20-12-18(38-24(33)31-23(32)15-30)19(37-4)14-27(20,34)16-40(35,36)11-10-17-8-6-5-7-9-17/h5-9,18-22,34H,10-16H2,1-4H3,(H,31,32,33). The van der Waals surface area contributed by atoms with E-state index in [0.29, 0.717) is 12.8 Å². The van der Waals surface area contributed by atoms with Crippen molar-refractivity contribution in [3.05, 3.63) is 35.9 Å². The van der Waals surface area contributed by atoms with Crippen LogP contribution in [0.25, 0.3) is 0 Å². The minimum Gasteiger partial charge on any atom is -0.443 e. The smallest absolute Gasteiger partial charge is 0.414 e. The molecule has 1 aromatic carbocycles. The Labute approximate surface area is 258 Å². The molecule has 0 radical (unpaired) electrons. The second-order valence-corrected chi connectivity index (χ2v) is 17.0. The topological polar surface area (TPSA) is 132 Å². The molecule has 40 heavy (non-hydrogen) atoms. The lowest BCUT2D eigenvalue weighted by molar-refractivity contribution is -0.150. The summed E-state index contributed by atoms with van der Waals surface area (Å²) < 4.78 is 43.8. The molecule has 1 aliphatic heterocycles. The Hall–Kier alpha value is -0.760. The third-order valence-electron chi connectivity index (χ3n) is 7.86. The summed E-state index contributed by atoms with van der Waals surface area (Å²) in [7, 11) is -2.31. The van der Waals surface area contributed by atoms with E-state index in [0.717, 1.165) is 5.56 Å². The van der Waals surface area contributed by atoms with E-state index in [9.17, 15) is 23.1 Å². The summed E-state index contributed by atoms with van der Waals surface area (Å²) in [6.07, 6.45) is -2.04. The van der Waals surface area contributed by atoms with Crippen LogP contribution in [0.1, 0.15) is 45.6 Å². The Balaban J connectivity index is 1.86. The zero-order chi connectivity index (χ0) is 29.9. The number of alkyl halides is 3. The van der Waals surface area contributed by atoms with Crippen molar-refractivity contribution in [3.63, 3.8) is 0 Å². The first-order chi connectivity index (χ1) is 18.5. The van der Waals surface area contributed by atoms with E-state index in [1.54, 1.807) is 0 Å². The van der Waals surface area contributed by atoms with Crippen LogP contribution < -0.4 is 5.32 Å². The van der Waals surface area contributed by atoms with Gasteiger partial charge in [-0.1, -0.05) is 62.2 Å². The predicted octanol–water partition coefficient (Wildman–Crippen LogP) is 4.14. The number of imide groups is 1. The van der Waals surface area contributed by atoms with Crippen molar-refractivity contribution in [3.8, 4) is 0 Å². The molecule has 0 bridgehead atoms. The van der Waals surface area contributed by atoms with Crippen molar-refractivity contribution < 1.29 is 37.3 Å². The number of nitrogens with one attached hydrogen (secondary N) is 1. The van der Waals surface area contributed by atoms with Crippen molar-refractivity contribution in [2.45, 2.75) is 85.1 Å². The van der Waals surface area contributed by atoms with Crippen molar-refractivity contribution >= 4 is 65.3 Å². The third-order valence-corrected chi connectivity index (χ3v) is 12.6. The Morgan fingerprint density at radius 2 is 1.93 bits per heavy atom. The molecule has 2 aliphatic rings. The van der Waals surface area contributed by atoms with Crippen LogP contribution in [0.2, 0.25) is 0 Å². The summed E-state index contributed by atoms with van der Waals surface area (Å²) in [4.78, 5) is 24.0. The van der Waals surface area contributed by atoms with E-state index in [-0.39, 0.29) is 33.8 Å². The summed E-state index contributed by atoms with van der Waals surface area (Å²) in [6, 6.07) is 9.29. The van der Waals surface area contributed by atoms with E-state index >= 15 is 0 Å². The van der Waals surface area contributed by atoms with Gasteiger partial charge in [-0.15, -0.1) is 11.6 Å². The minimum absolute atomic E-state index is 0.0317. The number of amides is 2. The van der Waals surface area contributed by atoms with Gasteiger partial charge < -0.3 is 19.3 Å². The molecule has 0 spiro atoms. The molecule has 7 atom stereocenters. The molecule has 3 rings (SSSR count). The number of carbonyl (C=O) groups excluding carboxylic acids is 2. The average molecular weight is 732 g/mol. The van der Waals surface area contributed by atoms with Crippen LogP contribution in [-0.2, 0) is 35.3 Å². The molecule has 2 N–H and O–H groups in total. The maximum absolute atomic E-state index is 13.4. The fourth-order valence-electron chi connectivity index (χ4n) is 5.53. The molecule has 1 heterocycles. The zero-order valence-electron chi connectivity index (χ0n) is 23.1. The highest BCUT2D eigenvalue weighted by Gasteiger charge is 2.66. The van der Waals surface area contributed by atoms with Gasteiger partial charge >= 0.3 is 6.09 Å². The summed E-state index contributed by atoms with van der Waals surface area (Å²) in [5.41, 5.74) is -1.71. The highest BCUT2D eigenvalue weighted by Crippen LogP contribution is 2.55. The molecule has 1 aromatic rings. The van der Waals surface area contributed by atoms with E-state index in [4.69, 9.17) is 25.8 Å². The van der Waals surface area contributed by atoms with E-state index < -0.39 is 62.8 Å². The quantitative estimate of drug-likeness (QED) is 0.243. The van der Waals surface area contributed by atoms with Gasteiger partial charge in [0.05, 0.1) is 34.9 Å². The average Bonchev–Trinajstić information content (AvgIpc) is 3.52. The van der Waals surface area contributed by atoms with Crippen LogP contribution in [-0.4, -0.2) is 88.7 Å². The van der Waals surface area contributed by atoms with Gasteiger partial charge in [-0.25, -0.2) is 13.2 Å². The van der Waals surface area contributed by atoms with Gasteiger partial charge in [0.15, 0.2) is 9.84 Å². The molecule has 2 fully saturated rings. The van der Waals surface area contributed by atoms with Crippen LogP contribution in [0.5, 0.6) is 0 Å². The Morgan fingerprint density at radius 3 is 2.50 bits per heavy atom. The molecule has 226 valence electrons. The zero-order valence-corrected chi connectivity index (χ0v) is 27.8. The van der Waals surface area contributed by atoms with Gasteiger partial charge in [0.1, 0.15) is 12.0 Å². The lowest BCUT2D eigenvalue weighted by Gasteiger charge is -2.47. The van der Waals surface area contributed by atoms with Crippen molar-refractivity contribution in [2.75, 3.05) is 24.5 Å². The second kappa shape index (κ2) is 13.3. The van der Waals surface area contributed by atoms with Gasteiger partial charge in [0.25, 0.3) is 0 Å². The number of aliphatic hydroxyl groups is 1. The molecular weight excluding hydrogens is 694 g/mol. The number of benzene rings is 1. The molecule has 9 nitrogen and oxygen atoms in total. The minimum atomic E-state index is -3.72. The highest BCUT2D eigenvalue weighted by molar-refractivity contribution is 9.12. The fourth-order valence-corrected chi connectivity index (χ4v) is 7.89. The molecule has 2 amide bonds. The maximum Gasteiger partial charge on any atom is 0.414 e. The fraction of sp³-hybridized carbons (Fsp3) is 0.704.